The van der Waals surface area contributed by atoms with E-state index in [9.17, 15) is 9.59 Å². The van der Waals surface area contributed by atoms with Crippen LogP contribution < -0.4 is 21.7 Å². The second kappa shape index (κ2) is 12.1. The van der Waals surface area contributed by atoms with Gasteiger partial charge in [0, 0.05) is 18.8 Å². The largest absolute Gasteiger partial charge is 0.384 e. The summed E-state index contributed by atoms with van der Waals surface area (Å²) in [6, 6.07) is 12.7. The van der Waals surface area contributed by atoms with Gasteiger partial charge in [0.2, 0.25) is 11.8 Å². The molecule has 0 bridgehead atoms. The molecule has 0 spiro atoms. The Morgan fingerprint density at radius 2 is 2.00 bits per heavy atom. The third kappa shape index (κ3) is 7.13. The molecule has 1 aromatic heterocycles. The lowest BCUT2D eigenvalue weighted by atomic mass is 9.93. The Morgan fingerprint density at radius 1 is 1.26 bits per heavy atom. The molecule has 1 saturated heterocycles. The third-order valence-corrected chi connectivity index (χ3v) is 6.19. The molecular weight excluding hydrogens is 438 g/mol. The van der Waals surface area contributed by atoms with Gasteiger partial charge in [-0.3, -0.25) is 9.59 Å². The van der Waals surface area contributed by atoms with E-state index in [1.165, 1.54) is 0 Å². The first-order valence-electron chi connectivity index (χ1n) is 11.9. The topological polar surface area (TPSA) is 109 Å². The summed E-state index contributed by atoms with van der Waals surface area (Å²) in [5.74, 6) is 0.140. The molecule has 1 aromatic carbocycles. The summed E-state index contributed by atoms with van der Waals surface area (Å²) in [6.07, 6.45) is 6.79. The second-order valence-corrected chi connectivity index (χ2v) is 8.86. The van der Waals surface area contributed by atoms with Gasteiger partial charge >= 0.3 is 0 Å². The predicted molar refractivity (Wildman–Crippen MR) is 141 cm³/mol. The van der Waals surface area contributed by atoms with Crippen LogP contribution in [0.3, 0.4) is 0 Å². The van der Waals surface area contributed by atoms with E-state index < -0.39 is 6.04 Å². The lowest BCUT2D eigenvalue weighted by Gasteiger charge is -2.18. The predicted octanol–water partition coefficient (Wildman–Crippen LogP) is 3.29. The van der Waals surface area contributed by atoms with Gasteiger partial charge in [0.25, 0.3) is 0 Å². The van der Waals surface area contributed by atoms with Crippen molar-refractivity contribution in [3.05, 3.63) is 89.7 Å². The van der Waals surface area contributed by atoms with Crippen LogP contribution in [0.2, 0.25) is 0 Å². The molecule has 35 heavy (non-hydrogen) atoms. The molecule has 2 aromatic rings. The number of pyridine rings is 1. The average Bonchev–Trinajstić information content (AvgIpc) is 3.34. The molecule has 1 aliphatic heterocycles. The zero-order chi connectivity index (χ0) is 25.4. The van der Waals surface area contributed by atoms with E-state index in [1.807, 2.05) is 44.2 Å². The smallest absolute Gasteiger partial charge is 0.242 e. The molecule has 2 heterocycles. The van der Waals surface area contributed by atoms with E-state index >= 15 is 0 Å². The van der Waals surface area contributed by atoms with Crippen LogP contribution in [0.25, 0.3) is 5.57 Å². The molecule has 2 amide bonds. The second-order valence-electron chi connectivity index (χ2n) is 8.86. The Labute approximate surface area is 207 Å². The van der Waals surface area contributed by atoms with Crippen molar-refractivity contribution in [1.82, 2.24) is 20.9 Å². The molecule has 7 nitrogen and oxygen atoms in total. The first kappa shape index (κ1) is 25.9. The monoisotopic (exact) mass is 473 g/mol. The molecule has 7 heteroatoms. The Bertz CT molecular complexity index is 1120. The maximum atomic E-state index is 12.8. The standard InChI is InChI=1S/C28H35N5O2/c1-5-9-22(21-10-7-6-8-11-21)14-18(2)24-15-25(30-17-24)28(35)33-20(4)27(34)31-16-23-12-13-26(29)32-19(23)3/h5-14,20,24-25,30H,2,15-17H2,1,3-4H3,(H2,29,32)(H,31,34)(H,33,35)/b9-5-,22-14+/t20-,24-,25+/m0/s1. The normalized spacial score (nSPS) is 18.9. The number of nitrogens with one attached hydrogen (secondary N) is 3. The Balaban J connectivity index is 1.52. The van der Waals surface area contributed by atoms with Crippen LogP contribution in [-0.4, -0.2) is 35.4 Å². The van der Waals surface area contributed by atoms with Crippen LogP contribution in [0.4, 0.5) is 5.82 Å². The Kier molecular flexibility index (Phi) is 8.98. The number of hydrogen-bond acceptors (Lipinski definition) is 5. The van der Waals surface area contributed by atoms with Crippen molar-refractivity contribution in [2.75, 3.05) is 12.3 Å². The van der Waals surface area contributed by atoms with Gasteiger partial charge in [-0.25, -0.2) is 4.98 Å². The summed E-state index contributed by atoms with van der Waals surface area (Å²) in [4.78, 5) is 29.5. The molecule has 3 atom stereocenters. The van der Waals surface area contributed by atoms with Crippen LogP contribution in [0.15, 0.2) is 72.8 Å². The molecule has 0 unspecified atom stereocenters. The molecule has 0 radical (unpaired) electrons. The van der Waals surface area contributed by atoms with E-state index in [2.05, 4.69) is 51.8 Å². The molecular formula is C28H35N5O2. The maximum absolute atomic E-state index is 12.8. The SMILES string of the molecule is C=C(/C=C(\C=C/C)c1ccccc1)[C@@H]1CN[C@@H](C(=O)N[C@@H](C)C(=O)NCc2ccc(N)nc2C)C1. The van der Waals surface area contributed by atoms with Gasteiger partial charge in [0.1, 0.15) is 11.9 Å². The number of allylic oxidation sites excluding steroid dienone is 4. The minimum Gasteiger partial charge on any atom is -0.384 e. The zero-order valence-corrected chi connectivity index (χ0v) is 20.7. The number of amides is 2. The van der Waals surface area contributed by atoms with Crippen molar-refractivity contribution in [1.29, 1.82) is 0 Å². The lowest BCUT2D eigenvalue weighted by Crippen LogP contribution is -2.50. The number of benzene rings is 1. The van der Waals surface area contributed by atoms with E-state index in [-0.39, 0.29) is 23.8 Å². The van der Waals surface area contributed by atoms with Gasteiger partial charge in [0.15, 0.2) is 0 Å². The number of carbonyl (C=O) groups is 2. The van der Waals surface area contributed by atoms with Gasteiger partial charge in [0.05, 0.1) is 6.04 Å². The number of rotatable bonds is 9. The number of anilines is 1. The van der Waals surface area contributed by atoms with Crippen molar-refractivity contribution in [3.63, 3.8) is 0 Å². The molecule has 3 rings (SSSR count). The molecule has 184 valence electrons. The summed E-state index contributed by atoms with van der Waals surface area (Å²) in [5.41, 5.74) is 10.5. The van der Waals surface area contributed by atoms with E-state index in [4.69, 9.17) is 5.73 Å². The van der Waals surface area contributed by atoms with Crippen molar-refractivity contribution >= 4 is 23.2 Å². The van der Waals surface area contributed by atoms with Crippen molar-refractivity contribution < 1.29 is 9.59 Å². The van der Waals surface area contributed by atoms with Gasteiger partial charge in [-0.2, -0.15) is 0 Å². The fraction of sp³-hybridized carbons (Fsp3) is 0.321. The van der Waals surface area contributed by atoms with Gasteiger partial charge < -0.3 is 21.7 Å². The number of nitrogens with two attached hydrogens (primary N) is 1. The quantitative estimate of drug-likeness (QED) is 0.418. The van der Waals surface area contributed by atoms with E-state index in [1.54, 1.807) is 13.0 Å². The van der Waals surface area contributed by atoms with Crippen molar-refractivity contribution in [2.24, 2.45) is 5.92 Å². The number of hydrogen-bond donors (Lipinski definition) is 4. The molecule has 1 aliphatic rings. The van der Waals surface area contributed by atoms with E-state index in [0.29, 0.717) is 25.3 Å². The van der Waals surface area contributed by atoms with Gasteiger partial charge in [-0.1, -0.05) is 66.8 Å². The van der Waals surface area contributed by atoms with Crippen LogP contribution >= 0.6 is 0 Å². The fourth-order valence-electron chi connectivity index (χ4n) is 4.08. The highest BCUT2D eigenvalue weighted by Gasteiger charge is 2.31. The van der Waals surface area contributed by atoms with Gasteiger partial charge in [-0.15, -0.1) is 0 Å². The Morgan fingerprint density at radius 3 is 2.69 bits per heavy atom. The number of carbonyl (C=O) groups excluding carboxylic acids is 2. The Hall–Kier alpha value is -3.71. The molecule has 1 fully saturated rings. The van der Waals surface area contributed by atoms with Crippen LogP contribution in [0, 0.1) is 12.8 Å². The van der Waals surface area contributed by atoms with Crippen LogP contribution in [0.5, 0.6) is 0 Å². The number of nitrogen functional groups attached to an aromatic ring is 1. The minimum atomic E-state index is -0.659. The van der Waals surface area contributed by atoms with Crippen LogP contribution in [-0.2, 0) is 16.1 Å². The third-order valence-electron chi connectivity index (χ3n) is 6.19. The van der Waals surface area contributed by atoms with Crippen LogP contribution in [0.1, 0.15) is 37.1 Å². The number of aryl methyl sites for hydroxylation is 1. The summed E-state index contributed by atoms with van der Waals surface area (Å²) in [5, 5.41) is 8.95. The maximum Gasteiger partial charge on any atom is 0.242 e. The summed E-state index contributed by atoms with van der Waals surface area (Å²) in [6.45, 7) is 10.8. The fourth-order valence-corrected chi connectivity index (χ4v) is 4.08. The summed E-state index contributed by atoms with van der Waals surface area (Å²) < 4.78 is 0. The summed E-state index contributed by atoms with van der Waals surface area (Å²) in [7, 11) is 0. The molecule has 0 aliphatic carbocycles. The highest BCUT2D eigenvalue weighted by Crippen LogP contribution is 2.26. The number of aromatic nitrogens is 1. The lowest BCUT2D eigenvalue weighted by molar-refractivity contribution is -0.129. The molecule has 0 saturated carbocycles. The van der Waals surface area contributed by atoms with E-state index in [0.717, 1.165) is 28.0 Å². The minimum absolute atomic E-state index is 0.139. The summed E-state index contributed by atoms with van der Waals surface area (Å²) >= 11 is 0. The average molecular weight is 474 g/mol. The molecule has 5 N–H and O–H groups in total. The highest BCUT2D eigenvalue weighted by molar-refractivity contribution is 5.89. The van der Waals surface area contributed by atoms with Crippen molar-refractivity contribution in [2.45, 2.75) is 45.8 Å². The zero-order valence-electron chi connectivity index (χ0n) is 20.7. The van der Waals surface area contributed by atoms with Crippen molar-refractivity contribution in [3.8, 4) is 0 Å². The highest BCUT2D eigenvalue weighted by atomic mass is 16.2. The van der Waals surface area contributed by atoms with Gasteiger partial charge in [-0.05, 0) is 55.9 Å². The first-order valence-corrected chi connectivity index (χ1v) is 11.9. The first-order chi connectivity index (χ1) is 16.8. The number of nitrogens with zero attached hydrogens (tertiary/aromatic N) is 1.